The molecule has 0 saturated carbocycles. The van der Waals surface area contributed by atoms with Crippen molar-refractivity contribution in [2.24, 2.45) is 0 Å². The van der Waals surface area contributed by atoms with E-state index in [-0.39, 0.29) is 6.61 Å². The Bertz CT molecular complexity index is 384. The highest BCUT2D eigenvalue weighted by Crippen LogP contribution is 2.26. The van der Waals surface area contributed by atoms with Crippen molar-refractivity contribution >= 4 is 9.84 Å². The molecule has 0 amide bonds. The van der Waals surface area contributed by atoms with E-state index in [9.17, 15) is 8.42 Å². The van der Waals surface area contributed by atoms with Gasteiger partial charge in [-0.1, -0.05) is 30.3 Å². The summed E-state index contributed by atoms with van der Waals surface area (Å²) < 4.78 is 23.1. The summed E-state index contributed by atoms with van der Waals surface area (Å²) in [5.74, 6) is 0. The Morgan fingerprint density at radius 1 is 1.27 bits per heavy atom. The summed E-state index contributed by atoms with van der Waals surface area (Å²) in [4.78, 5) is 0. The molecule has 1 aromatic carbocycles. The van der Waals surface area contributed by atoms with Crippen LogP contribution in [0.4, 0.5) is 0 Å². The van der Waals surface area contributed by atoms with Crippen LogP contribution in [-0.4, -0.2) is 26.4 Å². The number of hydrogen-bond acceptors (Lipinski definition) is 3. The number of sulfone groups is 1. The monoisotopic (exact) mass is 228 g/mol. The van der Waals surface area contributed by atoms with Crippen molar-refractivity contribution in [3.05, 3.63) is 35.9 Å². The van der Waals surface area contributed by atoms with Gasteiger partial charge in [0.25, 0.3) is 0 Å². The third-order valence-corrected chi connectivity index (χ3v) is 3.85. The summed E-state index contributed by atoms with van der Waals surface area (Å²) in [6.07, 6.45) is 2.22. The van der Waals surface area contributed by atoms with Crippen LogP contribution in [0.2, 0.25) is 0 Å². The lowest BCUT2D eigenvalue weighted by Gasteiger charge is -2.14. The first-order valence-corrected chi connectivity index (χ1v) is 6.86. The third kappa shape index (κ3) is 3.64. The lowest BCUT2D eigenvalue weighted by atomic mass is 10.1. The standard InChI is InChI=1S/C11H16O3S/c1-15(13,14)11(8-5-9-12)10-6-3-2-4-7-10/h2-4,6-7,11-12H,5,8-9H2,1H3. The number of benzene rings is 1. The highest BCUT2D eigenvalue weighted by atomic mass is 32.2. The molecule has 0 saturated heterocycles. The predicted molar refractivity (Wildman–Crippen MR) is 60.3 cm³/mol. The van der Waals surface area contributed by atoms with E-state index in [4.69, 9.17) is 5.11 Å². The fourth-order valence-corrected chi connectivity index (χ4v) is 2.82. The van der Waals surface area contributed by atoms with Crippen LogP contribution in [-0.2, 0) is 9.84 Å². The molecule has 3 nitrogen and oxygen atoms in total. The van der Waals surface area contributed by atoms with E-state index in [2.05, 4.69) is 0 Å². The number of aliphatic hydroxyl groups excluding tert-OH is 1. The quantitative estimate of drug-likeness (QED) is 0.831. The Labute approximate surface area is 90.7 Å². The molecule has 1 atom stereocenters. The minimum atomic E-state index is -3.10. The molecule has 0 aromatic heterocycles. The molecule has 0 aliphatic rings. The Hall–Kier alpha value is -0.870. The van der Waals surface area contributed by atoms with Crippen molar-refractivity contribution in [1.29, 1.82) is 0 Å². The molecule has 4 heteroatoms. The van der Waals surface area contributed by atoms with Gasteiger partial charge >= 0.3 is 0 Å². The average molecular weight is 228 g/mol. The molecule has 15 heavy (non-hydrogen) atoms. The van der Waals surface area contributed by atoms with Crippen molar-refractivity contribution < 1.29 is 13.5 Å². The second-order valence-electron chi connectivity index (χ2n) is 3.59. The van der Waals surface area contributed by atoms with Gasteiger partial charge in [0.2, 0.25) is 0 Å². The highest BCUT2D eigenvalue weighted by molar-refractivity contribution is 7.90. The fourth-order valence-electron chi connectivity index (χ4n) is 1.57. The average Bonchev–Trinajstić information content (AvgIpc) is 2.18. The van der Waals surface area contributed by atoms with E-state index in [1.54, 1.807) is 0 Å². The molecule has 1 N–H and O–H groups in total. The first kappa shape index (κ1) is 12.2. The van der Waals surface area contributed by atoms with E-state index >= 15 is 0 Å². The van der Waals surface area contributed by atoms with E-state index in [0.717, 1.165) is 5.56 Å². The van der Waals surface area contributed by atoms with E-state index in [0.29, 0.717) is 12.8 Å². The molecule has 0 heterocycles. The number of aliphatic hydroxyl groups is 1. The van der Waals surface area contributed by atoms with Crippen LogP contribution < -0.4 is 0 Å². The second kappa shape index (κ2) is 5.28. The van der Waals surface area contributed by atoms with Gasteiger partial charge in [-0.15, -0.1) is 0 Å². The third-order valence-electron chi connectivity index (χ3n) is 2.31. The zero-order chi connectivity index (χ0) is 11.3. The lowest BCUT2D eigenvalue weighted by molar-refractivity contribution is 0.283. The molecule has 0 radical (unpaired) electrons. The zero-order valence-corrected chi connectivity index (χ0v) is 9.57. The van der Waals surface area contributed by atoms with Gasteiger partial charge in [0.1, 0.15) is 0 Å². The van der Waals surface area contributed by atoms with Gasteiger partial charge in [-0.3, -0.25) is 0 Å². The molecular weight excluding hydrogens is 212 g/mol. The number of rotatable bonds is 5. The molecule has 0 spiro atoms. The molecular formula is C11H16O3S. The molecule has 0 aliphatic heterocycles. The summed E-state index contributed by atoms with van der Waals surface area (Å²) in [6, 6.07) is 9.12. The molecule has 0 fully saturated rings. The van der Waals surface area contributed by atoms with Gasteiger partial charge in [0.15, 0.2) is 9.84 Å². The van der Waals surface area contributed by atoms with Crippen molar-refractivity contribution in [2.45, 2.75) is 18.1 Å². The van der Waals surface area contributed by atoms with E-state index in [1.807, 2.05) is 30.3 Å². The number of hydrogen-bond donors (Lipinski definition) is 1. The maximum absolute atomic E-state index is 11.6. The Morgan fingerprint density at radius 3 is 2.33 bits per heavy atom. The van der Waals surface area contributed by atoms with Crippen LogP contribution in [0.15, 0.2) is 30.3 Å². The fraction of sp³-hybridized carbons (Fsp3) is 0.455. The van der Waals surface area contributed by atoms with Crippen LogP contribution in [0.1, 0.15) is 23.7 Å². The van der Waals surface area contributed by atoms with Gasteiger partial charge in [0.05, 0.1) is 5.25 Å². The van der Waals surface area contributed by atoms with Gasteiger partial charge in [-0.05, 0) is 18.4 Å². The molecule has 1 rings (SSSR count). The van der Waals surface area contributed by atoms with Gasteiger partial charge < -0.3 is 5.11 Å². The molecule has 84 valence electrons. The van der Waals surface area contributed by atoms with Crippen molar-refractivity contribution in [3.8, 4) is 0 Å². The topological polar surface area (TPSA) is 54.4 Å². The van der Waals surface area contributed by atoms with Gasteiger partial charge in [0, 0.05) is 12.9 Å². The van der Waals surface area contributed by atoms with Crippen LogP contribution in [0.25, 0.3) is 0 Å². The predicted octanol–water partition coefficient (Wildman–Crippen LogP) is 1.54. The van der Waals surface area contributed by atoms with Crippen LogP contribution in [0, 0.1) is 0 Å². The molecule has 1 unspecified atom stereocenters. The largest absolute Gasteiger partial charge is 0.396 e. The highest BCUT2D eigenvalue weighted by Gasteiger charge is 2.21. The molecule has 0 aliphatic carbocycles. The first-order valence-electron chi connectivity index (χ1n) is 4.90. The van der Waals surface area contributed by atoms with Crippen molar-refractivity contribution in [2.75, 3.05) is 12.9 Å². The van der Waals surface area contributed by atoms with Crippen LogP contribution in [0.3, 0.4) is 0 Å². The van der Waals surface area contributed by atoms with Crippen molar-refractivity contribution in [1.82, 2.24) is 0 Å². The van der Waals surface area contributed by atoms with Gasteiger partial charge in [-0.25, -0.2) is 8.42 Å². The van der Waals surface area contributed by atoms with Crippen LogP contribution >= 0.6 is 0 Å². The summed E-state index contributed by atoms with van der Waals surface area (Å²) >= 11 is 0. The zero-order valence-electron chi connectivity index (χ0n) is 8.76. The Kier molecular flexibility index (Phi) is 4.29. The van der Waals surface area contributed by atoms with Crippen molar-refractivity contribution in [3.63, 3.8) is 0 Å². The molecule has 0 bridgehead atoms. The smallest absolute Gasteiger partial charge is 0.154 e. The summed E-state index contributed by atoms with van der Waals surface area (Å²) in [6.45, 7) is 0.0266. The van der Waals surface area contributed by atoms with E-state index < -0.39 is 15.1 Å². The van der Waals surface area contributed by atoms with Gasteiger partial charge in [-0.2, -0.15) is 0 Å². The lowest BCUT2D eigenvalue weighted by Crippen LogP contribution is -2.12. The SMILES string of the molecule is CS(=O)(=O)C(CCCO)c1ccccc1. The second-order valence-corrected chi connectivity index (χ2v) is 5.82. The first-order chi connectivity index (χ1) is 7.05. The Balaban J connectivity index is 2.92. The summed E-state index contributed by atoms with van der Waals surface area (Å²) in [5.41, 5.74) is 0.799. The van der Waals surface area contributed by atoms with Crippen LogP contribution in [0.5, 0.6) is 0 Å². The minimum absolute atomic E-state index is 0.0266. The Morgan fingerprint density at radius 2 is 1.87 bits per heavy atom. The summed E-state index contributed by atoms with van der Waals surface area (Å²) in [5, 5.41) is 8.24. The van der Waals surface area contributed by atoms with E-state index in [1.165, 1.54) is 6.26 Å². The molecule has 1 aromatic rings. The maximum atomic E-state index is 11.6. The minimum Gasteiger partial charge on any atom is -0.396 e. The normalized spacial score (nSPS) is 13.7. The maximum Gasteiger partial charge on any atom is 0.154 e. The summed E-state index contributed by atoms with van der Waals surface area (Å²) in [7, 11) is -3.10.